The molecule has 0 aliphatic carbocycles. The molecule has 0 saturated heterocycles. The minimum absolute atomic E-state index is 0.0132. The van der Waals surface area contributed by atoms with Crippen molar-refractivity contribution in [2.24, 2.45) is 0 Å². The monoisotopic (exact) mass is 285 g/mol. The Morgan fingerprint density at radius 3 is 2.36 bits per heavy atom. The van der Waals surface area contributed by atoms with Gasteiger partial charge in [-0.3, -0.25) is 4.79 Å². The molecule has 0 aliphatic rings. The van der Waals surface area contributed by atoms with Gasteiger partial charge in [0.2, 0.25) is 5.43 Å². The number of rotatable bonds is 0. The number of fused-ring (bicyclic) bond motifs is 6. The molecular weight excluding hydrogens is 274 g/mol. The third-order valence-electron chi connectivity index (χ3n) is 4.22. The SMILES string of the molecule is O=c1c2c(ccc3ccccc32)on2cc3ccccc3c12. The van der Waals surface area contributed by atoms with Gasteiger partial charge in [-0.2, -0.15) is 4.57 Å². The fourth-order valence-corrected chi connectivity index (χ4v) is 3.22. The van der Waals surface area contributed by atoms with Gasteiger partial charge in [0.25, 0.3) is 0 Å². The Morgan fingerprint density at radius 2 is 1.50 bits per heavy atom. The summed E-state index contributed by atoms with van der Waals surface area (Å²) in [4.78, 5) is 13.1. The third-order valence-corrected chi connectivity index (χ3v) is 4.22. The van der Waals surface area contributed by atoms with Crippen LogP contribution in [0.4, 0.5) is 0 Å². The first kappa shape index (κ1) is 11.6. The molecule has 0 radical (unpaired) electrons. The van der Waals surface area contributed by atoms with E-state index in [4.69, 9.17) is 4.52 Å². The van der Waals surface area contributed by atoms with Crippen molar-refractivity contribution in [3.8, 4) is 0 Å². The van der Waals surface area contributed by atoms with E-state index in [1.165, 1.54) is 0 Å². The largest absolute Gasteiger partial charge is 0.374 e. The van der Waals surface area contributed by atoms with E-state index in [0.29, 0.717) is 16.5 Å². The maximum atomic E-state index is 13.1. The molecule has 2 heterocycles. The Balaban J connectivity index is 2.15. The highest BCUT2D eigenvalue weighted by atomic mass is 16.5. The number of hydrogen-bond acceptors (Lipinski definition) is 2. The summed E-state index contributed by atoms with van der Waals surface area (Å²) in [5, 5.41) is 4.55. The van der Waals surface area contributed by atoms with Gasteiger partial charge in [0.15, 0.2) is 5.58 Å². The van der Waals surface area contributed by atoms with Crippen molar-refractivity contribution in [1.82, 2.24) is 4.57 Å². The van der Waals surface area contributed by atoms with Crippen LogP contribution < -0.4 is 5.43 Å². The molecule has 3 heteroatoms. The first-order chi connectivity index (χ1) is 10.8. The van der Waals surface area contributed by atoms with Crippen LogP contribution in [0.3, 0.4) is 0 Å². The Morgan fingerprint density at radius 1 is 0.773 bits per heavy atom. The van der Waals surface area contributed by atoms with Gasteiger partial charge in [-0.25, -0.2) is 0 Å². The topological polar surface area (TPSA) is 34.6 Å². The zero-order valence-electron chi connectivity index (χ0n) is 11.6. The summed E-state index contributed by atoms with van der Waals surface area (Å²) >= 11 is 0. The van der Waals surface area contributed by atoms with Gasteiger partial charge >= 0.3 is 0 Å². The molecule has 104 valence electrons. The number of aromatic nitrogens is 1. The first-order valence-electron chi connectivity index (χ1n) is 7.18. The lowest BCUT2D eigenvalue weighted by molar-refractivity contribution is 0.401. The van der Waals surface area contributed by atoms with E-state index in [1.807, 2.05) is 66.9 Å². The maximum absolute atomic E-state index is 13.1. The summed E-state index contributed by atoms with van der Waals surface area (Å²) in [7, 11) is 0. The highest BCUT2D eigenvalue weighted by Crippen LogP contribution is 2.26. The Hall–Kier alpha value is -3.07. The van der Waals surface area contributed by atoms with Gasteiger partial charge in [-0.05, 0) is 16.8 Å². The average Bonchev–Trinajstić information content (AvgIpc) is 2.93. The third kappa shape index (κ3) is 1.37. The second-order valence-corrected chi connectivity index (χ2v) is 5.47. The van der Waals surface area contributed by atoms with Crippen LogP contribution in [-0.2, 0) is 0 Å². The standard InChI is InChI=1S/C19H11NO2/c21-19-17-14-7-3-1-5-12(14)9-10-16(17)22-20-11-13-6-2-4-8-15(13)18(19)20/h1-11H. The lowest BCUT2D eigenvalue weighted by Gasteiger charge is -2.03. The highest BCUT2D eigenvalue weighted by molar-refractivity contribution is 6.08. The summed E-state index contributed by atoms with van der Waals surface area (Å²) in [5.74, 6) is 0. The predicted molar refractivity (Wildman–Crippen MR) is 88.5 cm³/mol. The molecule has 0 aliphatic heterocycles. The average molecular weight is 285 g/mol. The second kappa shape index (κ2) is 3.98. The lowest BCUT2D eigenvalue weighted by atomic mass is 10.1. The van der Waals surface area contributed by atoms with Gasteiger partial charge in [0.05, 0.1) is 11.6 Å². The van der Waals surface area contributed by atoms with Crippen molar-refractivity contribution in [2.75, 3.05) is 0 Å². The van der Waals surface area contributed by atoms with Crippen LogP contribution in [0.5, 0.6) is 0 Å². The smallest absolute Gasteiger partial charge is 0.217 e. The maximum Gasteiger partial charge on any atom is 0.217 e. The molecule has 2 aromatic heterocycles. The van der Waals surface area contributed by atoms with Crippen molar-refractivity contribution in [2.45, 2.75) is 0 Å². The van der Waals surface area contributed by atoms with Crippen molar-refractivity contribution in [1.29, 1.82) is 0 Å². The predicted octanol–water partition coefficient (Wildman–Crippen LogP) is 4.35. The molecule has 3 aromatic carbocycles. The summed E-state index contributed by atoms with van der Waals surface area (Å²) in [6.45, 7) is 0. The van der Waals surface area contributed by atoms with E-state index in [2.05, 4.69) is 0 Å². The molecule has 0 saturated carbocycles. The molecule has 0 bridgehead atoms. The molecule has 0 atom stereocenters. The molecule has 5 aromatic rings. The van der Waals surface area contributed by atoms with Crippen molar-refractivity contribution >= 4 is 38.0 Å². The van der Waals surface area contributed by atoms with Gasteiger partial charge in [0.1, 0.15) is 5.52 Å². The molecule has 0 unspecified atom stereocenters. The van der Waals surface area contributed by atoms with Crippen LogP contribution in [0.2, 0.25) is 0 Å². The van der Waals surface area contributed by atoms with E-state index < -0.39 is 0 Å². The second-order valence-electron chi connectivity index (χ2n) is 5.47. The normalized spacial score (nSPS) is 11.8. The zero-order chi connectivity index (χ0) is 14.7. The molecule has 0 amide bonds. The van der Waals surface area contributed by atoms with Crippen molar-refractivity contribution in [3.05, 3.63) is 77.1 Å². The van der Waals surface area contributed by atoms with Crippen LogP contribution in [0, 0.1) is 0 Å². The van der Waals surface area contributed by atoms with Crippen LogP contribution in [0.15, 0.2) is 76.2 Å². The number of hydrogen-bond donors (Lipinski definition) is 0. The van der Waals surface area contributed by atoms with E-state index in [0.717, 1.165) is 21.5 Å². The lowest BCUT2D eigenvalue weighted by Crippen LogP contribution is -2.05. The Bertz CT molecular complexity index is 1240. The summed E-state index contributed by atoms with van der Waals surface area (Å²) < 4.78 is 7.52. The van der Waals surface area contributed by atoms with E-state index in [9.17, 15) is 4.79 Å². The summed E-state index contributed by atoms with van der Waals surface area (Å²) in [5.41, 5.74) is 1.22. The minimum Gasteiger partial charge on any atom is -0.374 e. The fourth-order valence-electron chi connectivity index (χ4n) is 3.22. The zero-order valence-corrected chi connectivity index (χ0v) is 11.6. The molecule has 5 rings (SSSR count). The minimum atomic E-state index is 0.0132. The summed E-state index contributed by atoms with van der Waals surface area (Å²) in [6.07, 6.45) is 1.86. The van der Waals surface area contributed by atoms with Gasteiger partial charge in [0, 0.05) is 10.8 Å². The van der Waals surface area contributed by atoms with E-state index in [-0.39, 0.29) is 5.43 Å². The number of nitrogens with zero attached hydrogens (tertiary/aromatic N) is 1. The van der Waals surface area contributed by atoms with Crippen LogP contribution in [0.1, 0.15) is 0 Å². The summed E-state index contributed by atoms with van der Waals surface area (Å²) in [6, 6.07) is 19.6. The Labute approximate surface area is 125 Å². The first-order valence-corrected chi connectivity index (χ1v) is 7.18. The molecule has 0 N–H and O–H groups in total. The van der Waals surface area contributed by atoms with Crippen LogP contribution >= 0.6 is 0 Å². The Kier molecular flexibility index (Phi) is 2.09. The molecule has 0 fully saturated rings. The van der Waals surface area contributed by atoms with E-state index in [1.54, 1.807) is 4.57 Å². The van der Waals surface area contributed by atoms with Gasteiger partial charge < -0.3 is 4.52 Å². The fraction of sp³-hybridized carbons (Fsp3) is 0. The highest BCUT2D eigenvalue weighted by Gasteiger charge is 2.14. The molecule has 22 heavy (non-hydrogen) atoms. The quantitative estimate of drug-likeness (QED) is 0.396. The van der Waals surface area contributed by atoms with Crippen LogP contribution in [0.25, 0.3) is 38.0 Å². The van der Waals surface area contributed by atoms with E-state index >= 15 is 0 Å². The molecule has 3 nitrogen and oxygen atoms in total. The van der Waals surface area contributed by atoms with Gasteiger partial charge in [-0.1, -0.05) is 54.6 Å². The number of benzene rings is 3. The van der Waals surface area contributed by atoms with Gasteiger partial charge in [-0.15, -0.1) is 0 Å². The van der Waals surface area contributed by atoms with Crippen molar-refractivity contribution in [3.63, 3.8) is 0 Å². The molecule has 0 spiro atoms. The van der Waals surface area contributed by atoms with Crippen molar-refractivity contribution < 1.29 is 4.52 Å². The molecular formula is C19H11NO2. The van der Waals surface area contributed by atoms with Crippen LogP contribution in [-0.4, -0.2) is 4.57 Å².